The number of nitrogens with one attached hydrogen (secondary N) is 1. The fraction of sp³-hybridized carbons (Fsp3) is 0.333. The van der Waals surface area contributed by atoms with Crippen LogP contribution in [0.4, 0.5) is 0 Å². The normalized spacial score (nSPS) is 16.7. The zero-order valence-electron chi connectivity index (χ0n) is 6.92. The van der Waals surface area contributed by atoms with Gasteiger partial charge in [-0.1, -0.05) is 11.6 Å². The molecule has 13 heavy (non-hydrogen) atoms. The van der Waals surface area contributed by atoms with Crippen molar-refractivity contribution in [1.29, 1.82) is 0 Å². The molecule has 0 aliphatic heterocycles. The van der Waals surface area contributed by atoms with Crippen LogP contribution in [-0.4, -0.2) is 15.2 Å². The van der Waals surface area contributed by atoms with Crippen molar-refractivity contribution in [2.45, 2.75) is 18.8 Å². The third-order valence-corrected chi connectivity index (χ3v) is 2.61. The van der Waals surface area contributed by atoms with Gasteiger partial charge in [0.05, 0.1) is 0 Å². The molecule has 0 unspecified atom stereocenters. The Morgan fingerprint density at radius 2 is 2.23 bits per heavy atom. The summed E-state index contributed by atoms with van der Waals surface area (Å²) in [6.07, 6.45) is 2.53. The van der Waals surface area contributed by atoms with E-state index >= 15 is 0 Å². The minimum Gasteiger partial charge on any atom is -0.279 e. The van der Waals surface area contributed by atoms with Gasteiger partial charge in [-0.05, 0) is 25.0 Å². The average molecular weight is 194 g/mol. The summed E-state index contributed by atoms with van der Waals surface area (Å²) < 4.78 is 0. The van der Waals surface area contributed by atoms with E-state index in [1.54, 1.807) is 0 Å². The van der Waals surface area contributed by atoms with Crippen molar-refractivity contribution in [2.75, 3.05) is 0 Å². The lowest BCUT2D eigenvalue weighted by Gasteiger charge is -1.92. The molecule has 3 rings (SSSR count). The van der Waals surface area contributed by atoms with Crippen molar-refractivity contribution in [3.8, 4) is 0 Å². The first-order valence-electron chi connectivity index (χ1n) is 4.35. The number of fused-ring (bicyclic) bond motifs is 1. The van der Waals surface area contributed by atoms with Gasteiger partial charge in [-0.2, -0.15) is 5.10 Å². The van der Waals surface area contributed by atoms with E-state index in [1.807, 2.05) is 12.1 Å². The molecule has 3 nitrogen and oxygen atoms in total. The van der Waals surface area contributed by atoms with Crippen molar-refractivity contribution in [3.63, 3.8) is 0 Å². The molecule has 2 heterocycles. The quantitative estimate of drug-likeness (QED) is 0.707. The molecule has 1 aliphatic carbocycles. The lowest BCUT2D eigenvalue weighted by molar-refractivity contribution is 0.974. The molecule has 0 spiro atoms. The Balaban J connectivity index is 2.26. The summed E-state index contributed by atoms with van der Waals surface area (Å²) in [5.41, 5.74) is 1.95. The highest BCUT2D eigenvalue weighted by Crippen LogP contribution is 2.41. The Bertz CT molecular complexity index is 459. The van der Waals surface area contributed by atoms with Crippen LogP contribution >= 0.6 is 11.6 Å². The smallest absolute Gasteiger partial charge is 0.182 e. The van der Waals surface area contributed by atoms with Crippen molar-refractivity contribution >= 4 is 22.6 Å². The number of hydrogen-bond donors (Lipinski definition) is 1. The van der Waals surface area contributed by atoms with Gasteiger partial charge in [-0.3, -0.25) is 5.10 Å². The Morgan fingerprint density at radius 3 is 3.00 bits per heavy atom. The number of aromatic nitrogens is 3. The van der Waals surface area contributed by atoms with Gasteiger partial charge in [0.1, 0.15) is 5.15 Å². The standard InChI is InChI=1S/C9H8ClN3/c10-7-4-3-6-8(5-1-2-5)12-13-9(6)11-7/h3-5H,1-2H2,(H,11,12,13). The predicted octanol–water partition coefficient (Wildman–Crippen LogP) is 2.49. The van der Waals surface area contributed by atoms with Gasteiger partial charge in [0.15, 0.2) is 5.65 Å². The second-order valence-corrected chi connectivity index (χ2v) is 3.80. The van der Waals surface area contributed by atoms with Crippen LogP contribution in [0.25, 0.3) is 11.0 Å². The summed E-state index contributed by atoms with van der Waals surface area (Å²) in [6.45, 7) is 0. The summed E-state index contributed by atoms with van der Waals surface area (Å²) in [4.78, 5) is 4.13. The highest BCUT2D eigenvalue weighted by molar-refractivity contribution is 6.29. The molecule has 0 atom stereocenters. The molecule has 4 heteroatoms. The maximum atomic E-state index is 5.76. The van der Waals surface area contributed by atoms with Crippen LogP contribution in [0, 0.1) is 0 Å². The number of aromatic amines is 1. The number of hydrogen-bond acceptors (Lipinski definition) is 2. The lowest BCUT2D eigenvalue weighted by atomic mass is 10.2. The zero-order valence-corrected chi connectivity index (χ0v) is 7.67. The first-order chi connectivity index (χ1) is 6.34. The van der Waals surface area contributed by atoms with Crippen molar-refractivity contribution in [2.24, 2.45) is 0 Å². The van der Waals surface area contributed by atoms with Crippen molar-refractivity contribution in [3.05, 3.63) is 23.0 Å². The highest BCUT2D eigenvalue weighted by atomic mass is 35.5. The number of pyridine rings is 1. The second-order valence-electron chi connectivity index (χ2n) is 3.42. The highest BCUT2D eigenvalue weighted by Gasteiger charge is 2.27. The molecule has 2 aromatic heterocycles. The summed E-state index contributed by atoms with van der Waals surface area (Å²) in [5, 5.41) is 8.77. The van der Waals surface area contributed by atoms with Crippen molar-refractivity contribution in [1.82, 2.24) is 15.2 Å². The number of nitrogens with zero attached hydrogens (tertiary/aromatic N) is 2. The van der Waals surface area contributed by atoms with E-state index in [9.17, 15) is 0 Å². The molecular formula is C9H8ClN3. The molecule has 66 valence electrons. The Kier molecular flexibility index (Phi) is 1.38. The van der Waals surface area contributed by atoms with E-state index in [-0.39, 0.29) is 0 Å². The number of rotatable bonds is 1. The molecule has 0 radical (unpaired) electrons. The van der Waals surface area contributed by atoms with Gasteiger partial charge in [0.25, 0.3) is 0 Å². The van der Waals surface area contributed by atoms with E-state index in [1.165, 1.54) is 18.5 Å². The molecule has 0 aromatic carbocycles. The van der Waals surface area contributed by atoms with Gasteiger partial charge in [-0.25, -0.2) is 4.98 Å². The minimum absolute atomic E-state index is 0.501. The minimum atomic E-state index is 0.501. The van der Waals surface area contributed by atoms with Crippen LogP contribution in [0.5, 0.6) is 0 Å². The molecule has 0 saturated heterocycles. The maximum absolute atomic E-state index is 5.76. The number of halogens is 1. The zero-order chi connectivity index (χ0) is 8.84. The molecule has 1 fully saturated rings. The van der Waals surface area contributed by atoms with Crippen LogP contribution in [0.3, 0.4) is 0 Å². The largest absolute Gasteiger partial charge is 0.279 e. The van der Waals surface area contributed by atoms with Crippen LogP contribution in [0.15, 0.2) is 12.1 Å². The Hall–Kier alpha value is -1.09. The van der Waals surface area contributed by atoms with E-state index in [0.717, 1.165) is 11.0 Å². The van der Waals surface area contributed by atoms with E-state index < -0.39 is 0 Å². The molecule has 1 aliphatic rings. The Labute approximate surface area is 80.1 Å². The van der Waals surface area contributed by atoms with Crippen LogP contribution in [0.1, 0.15) is 24.5 Å². The van der Waals surface area contributed by atoms with E-state index in [0.29, 0.717) is 11.1 Å². The third kappa shape index (κ3) is 1.11. The monoisotopic (exact) mass is 193 g/mol. The van der Waals surface area contributed by atoms with Crippen LogP contribution in [-0.2, 0) is 0 Å². The molecule has 2 aromatic rings. The number of H-pyrrole nitrogens is 1. The molecule has 1 N–H and O–H groups in total. The topological polar surface area (TPSA) is 41.6 Å². The third-order valence-electron chi connectivity index (χ3n) is 2.40. The van der Waals surface area contributed by atoms with Crippen molar-refractivity contribution < 1.29 is 0 Å². The van der Waals surface area contributed by atoms with Gasteiger partial charge in [0, 0.05) is 17.0 Å². The van der Waals surface area contributed by atoms with Crippen LogP contribution in [0.2, 0.25) is 5.15 Å². The summed E-state index contributed by atoms with van der Waals surface area (Å²) in [5.74, 6) is 0.674. The Morgan fingerprint density at radius 1 is 1.38 bits per heavy atom. The average Bonchev–Trinajstić information content (AvgIpc) is 2.87. The first-order valence-corrected chi connectivity index (χ1v) is 4.73. The summed E-state index contributed by atoms with van der Waals surface area (Å²) >= 11 is 5.76. The van der Waals surface area contributed by atoms with Crippen LogP contribution < -0.4 is 0 Å². The first kappa shape index (κ1) is 7.33. The van der Waals surface area contributed by atoms with Gasteiger partial charge < -0.3 is 0 Å². The molecule has 1 saturated carbocycles. The molecule has 0 amide bonds. The fourth-order valence-corrected chi connectivity index (χ4v) is 1.72. The van der Waals surface area contributed by atoms with Gasteiger partial charge in [0.2, 0.25) is 0 Å². The SMILES string of the molecule is Clc1ccc2c(C3CC3)[nH]nc2n1. The maximum Gasteiger partial charge on any atom is 0.182 e. The molecule has 0 bridgehead atoms. The second kappa shape index (κ2) is 2.45. The predicted molar refractivity (Wildman–Crippen MR) is 50.9 cm³/mol. The van der Waals surface area contributed by atoms with Gasteiger partial charge >= 0.3 is 0 Å². The van der Waals surface area contributed by atoms with E-state index in [2.05, 4.69) is 15.2 Å². The fourth-order valence-electron chi connectivity index (χ4n) is 1.58. The molecular weight excluding hydrogens is 186 g/mol. The summed E-state index contributed by atoms with van der Waals surface area (Å²) in [6, 6.07) is 3.80. The van der Waals surface area contributed by atoms with E-state index in [4.69, 9.17) is 11.6 Å². The lowest BCUT2D eigenvalue weighted by Crippen LogP contribution is -1.79. The summed E-state index contributed by atoms with van der Waals surface area (Å²) in [7, 11) is 0. The van der Waals surface area contributed by atoms with Gasteiger partial charge in [-0.15, -0.1) is 0 Å².